The van der Waals surface area contributed by atoms with Crippen LogP contribution in [-0.2, 0) is 0 Å². The molecule has 0 unspecified atom stereocenters. The molecule has 2 aromatic rings. The third-order valence-corrected chi connectivity index (χ3v) is 2.12. The van der Waals surface area contributed by atoms with Crippen LogP contribution in [0.2, 0.25) is 5.02 Å². The maximum atomic E-state index is 5.97. The first-order valence-corrected chi connectivity index (χ1v) is 4.17. The molecule has 12 heavy (non-hydrogen) atoms. The highest BCUT2D eigenvalue weighted by molar-refractivity contribution is 6.35. The molecule has 2 rings (SSSR count). The van der Waals surface area contributed by atoms with Crippen LogP contribution in [-0.4, -0.2) is 4.98 Å². The molecule has 0 aliphatic carbocycles. The molecule has 1 aromatic heterocycles. The highest BCUT2D eigenvalue weighted by atomic mass is 35.5. The number of aromatic nitrogens is 1. The second-order valence-electron chi connectivity index (χ2n) is 2.76. The number of halogens is 1. The number of aryl methyl sites for hydroxylation is 1. The average molecular weight is 178 g/mol. The fourth-order valence-corrected chi connectivity index (χ4v) is 1.43. The van der Waals surface area contributed by atoms with Gasteiger partial charge in [0, 0.05) is 11.1 Å². The van der Waals surface area contributed by atoms with Crippen LogP contribution >= 0.6 is 11.6 Å². The Morgan fingerprint density at radius 3 is 2.83 bits per heavy atom. The fourth-order valence-electron chi connectivity index (χ4n) is 1.21. The zero-order valence-electron chi connectivity index (χ0n) is 6.71. The quantitative estimate of drug-likeness (QED) is 0.602. The predicted octanol–water partition coefficient (Wildman–Crippen LogP) is 3.20. The molecule has 60 valence electrons. The van der Waals surface area contributed by atoms with Crippen molar-refractivity contribution >= 4 is 22.5 Å². The monoisotopic (exact) mass is 177 g/mol. The molecule has 0 aliphatic rings. The van der Waals surface area contributed by atoms with E-state index in [0.29, 0.717) is 0 Å². The first-order chi connectivity index (χ1) is 5.77. The van der Waals surface area contributed by atoms with E-state index in [9.17, 15) is 0 Å². The van der Waals surface area contributed by atoms with Gasteiger partial charge >= 0.3 is 0 Å². The van der Waals surface area contributed by atoms with Gasteiger partial charge in [0.05, 0.1) is 10.5 Å². The first-order valence-electron chi connectivity index (χ1n) is 3.79. The van der Waals surface area contributed by atoms with E-state index < -0.39 is 0 Å². The van der Waals surface area contributed by atoms with Crippen LogP contribution in [0.3, 0.4) is 0 Å². The van der Waals surface area contributed by atoms with Crippen molar-refractivity contribution in [2.45, 2.75) is 6.92 Å². The van der Waals surface area contributed by atoms with Gasteiger partial charge < -0.3 is 0 Å². The number of hydrogen-bond donors (Lipinski definition) is 0. The second kappa shape index (κ2) is 2.76. The summed E-state index contributed by atoms with van der Waals surface area (Å²) in [5, 5.41) is 1.81. The molecule has 0 aliphatic heterocycles. The normalized spacial score (nSPS) is 10.5. The molecule has 0 atom stereocenters. The van der Waals surface area contributed by atoms with Crippen LogP contribution in [0, 0.1) is 6.92 Å². The lowest BCUT2D eigenvalue weighted by molar-refractivity contribution is 1.26. The van der Waals surface area contributed by atoms with Crippen LogP contribution < -0.4 is 0 Å². The molecule has 1 nitrogen and oxygen atoms in total. The summed E-state index contributed by atoms with van der Waals surface area (Å²) in [5.74, 6) is 0. The zero-order valence-corrected chi connectivity index (χ0v) is 7.47. The van der Waals surface area contributed by atoms with Gasteiger partial charge in [0.1, 0.15) is 0 Å². The van der Waals surface area contributed by atoms with Crippen molar-refractivity contribution in [2.75, 3.05) is 0 Å². The molecule has 0 saturated heterocycles. The van der Waals surface area contributed by atoms with Gasteiger partial charge in [0.2, 0.25) is 0 Å². The Bertz CT molecular complexity index is 423. The minimum absolute atomic E-state index is 0.719. The maximum absolute atomic E-state index is 5.97. The number of rotatable bonds is 0. The van der Waals surface area contributed by atoms with Crippen molar-refractivity contribution in [3.05, 3.63) is 41.0 Å². The minimum atomic E-state index is 0.719. The third-order valence-electron chi connectivity index (χ3n) is 1.81. The van der Waals surface area contributed by atoms with Crippen LogP contribution in [0.15, 0.2) is 30.3 Å². The van der Waals surface area contributed by atoms with Crippen molar-refractivity contribution in [1.29, 1.82) is 0 Å². The molecule has 0 saturated carbocycles. The Labute approximate surface area is 76.0 Å². The molecule has 0 spiro atoms. The molecule has 0 fully saturated rings. The summed E-state index contributed by atoms with van der Waals surface area (Å²) in [7, 11) is 0. The van der Waals surface area contributed by atoms with E-state index in [-0.39, 0.29) is 0 Å². The van der Waals surface area contributed by atoms with E-state index in [1.165, 1.54) is 0 Å². The summed E-state index contributed by atoms with van der Waals surface area (Å²) in [6, 6.07) is 9.81. The molecule has 1 aromatic carbocycles. The van der Waals surface area contributed by atoms with E-state index in [1.807, 2.05) is 37.3 Å². The Morgan fingerprint density at radius 2 is 2.00 bits per heavy atom. The van der Waals surface area contributed by atoms with Crippen molar-refractivity contribution in [2.24, 2.45) is 0 Å². The Morgan fingerprint density at radius 1 is 1.17 bits per heavy atom. The Hall–Kier alpha value is -1.08. The highest BCUT2D eigenvalue weighted by Crippen LogP contribution is 2.20. The van der Waals surface area contributed by atoms with Crippen LogP contribution in [0.25, 0.3) is 10.9 Å². The predicted molar refractivity (Wildman–Crippen MR) is 51.5 cm³/mol. The number of hydrogen-bond acceptors (Lipinski definition) is 1. The Balaban J connectivity index is 2.88. The number of nitrogens with zero attached hydrogens (tertiary/aromatic N) is 1. The fraction of sp³-hybridized carbons (Fsp3) is 0.100. The van der Waals surface area contributed by atoms with E-state index in [4.69, 9.17) is 11.6 Å². The number of para-hydroxylation sites is 1. The highest BCUT2D eigenvalue weighted by Gasteiger charge is 1.98. The number of fused-ring (bicyclic) bond motifs is 1. The van der Waals surface area contributed by atoms with Gasteiger partial charge in [-0.25, -0.2) is 0 Å². The SMILES string of the molecule is Cc1ccc2cccc(Cl)c2n1. The minimum Gasteiger partial charge on any atom is -0.252 e. The Kier molecular flexibility index (Phi) is 1.74. The van der Waals surface area contributed by atoms with Gasteiger partial charge in [-0.1, -0.05) is 29.8 Å². The lowest BCUT2D eigenvalue weighted by atomic mass is 10.2. The van der Waals surface area contributed by atoms with E-state index in [2.05, 4.69) is 4.98 Å². The molecular formula is C10H8ClN. The van der Waals surface area contributed by atoms with E-state index in [0.717, 1.165) is 21.6 Å². The summed E-state index contributed by atoms with van der Waals surface area (Å²) >= 11 is 5.97. The first kappa shape index (κ1) is 7.56. The van der Waals surface area contributed by atoms with Crippen LogP contribution in [0.5, 0.6) is 0 Å². The molecular weight excluding hydrogens is 170 g/mol. The maximum Gasteiger partial charge on any atom is 0.0891 e. The number of pyridine rings is 1. The van der Waals surface area contributed by atoms with Crippen molar-refractivity contribution in [1.82, 2.24) is 4.98 Å². The largest absolute Gasteiger partial charge is 0.252 e. The van der Waals surface area contributed by atoms with Gasteiger partial charge in [-0.2, -0.15) is 0 Å². The molecule has 1 heterocycles. The van der Waals surface area contributed by atoms with E-state index in [1.54, 1.807) is 0 Å². The summed E-state index contributed by atoms with van der Waals surface area (Å²) < 4.78 is 0. The number of benzene rings is 1. The summed E-state index contributed by atoms with van der Waals surface area (Å²) in [4.78, 5) is 4.34. The van der Waals surface area contributed by atoms with Crippen LogP contribution in [0.4, 0.5) is 0 Å². The second-order valence-corrected chi connectivity index (χ2v) is 3.17. The standard InChI is InChI=1S/C10H8ClN/c1-7-5-6-8-3-2-4-9(11)10(8)12-7/h2-6H,1H3. The molecule has 0 amide bonds. The molecule has 2 heteroatoms. The summed E-state index contributed by atoms with van der Waals surface area (Å²) in [5.41, 5.74) is 1.88. The summed E-state index contributed by atoms with van der Waals surface area (Å²) in [6.07, 6.45) is 0. The van der Waals surface area contributed by atoms with Gasteiger partial charge in [0.15, 0.2) is 0 Å². The zero-order chi connectivity index (χ0) is 8.55. The van der Waals surface area contributed by atoms with Gasteiger partial charge in [0.25, 0.3) is 0 Å². The molecule has 0 bridgehead atoms. The van der Waals surface area contributed by atoms with Gasteiger partial charge in [-0.05, 0) is 19.1 Å². The van der Waals surface area contributed by atoms with E-state index >= 15 is 0 Å². The third kappa shape index (κ3) is 1.16. The van der Waals surface area contributed by atoms with Crippen LogP contribution in [0.1, 0.15) is 5.69 Å². The van der Waals surface area contributed by atoms with Gasteiger partial charge in [-0.15, -0.1) is 0 Å². The topological polar surface area (TPSA) is 12.9 Å². The molecule has 0 N–H and O–H groups in total. The average Bonchev–Trinajstić information content (AvgIpc) is 2.07. The summed E-state index contributed by atoms with van der Waals surface area (Å²) in [6.45, 7) is 1.96. The smallest absolute Gasteiger partial charge is 0.0891 e. The van der Waals surface area contributed by atoms with Crippen molar-refractivity contribution < 1.29 is 0 Å². The lowest BCUT2D eigenvalue weighted by Crippen LogP contribution is -1.82. The molecule has 0 radical (unpaired) electrons. The van der Waals surface area contributed by atoms with Crippen molar-refractivity contribution in [3.63, 3.8) is 0 Å². The lowest BCUT2D eigenvalue weighted by Gasteiger charge is -1.99. The van der Waals surface area contributed by atoms with Gasteiger partial charge in [-0.3, -0.25) is 4.98 Å². The van der Waals surface area contributed by atoms with Crippen molar-refractivity contribution in [3.8, 4) is 0 Å².